The Balaban J connectivity index is 5.22. The summed E-state index contributed by atoms with van der Waals surface area (Å²) >= 11 is 0. The fourth-order valence-corrected chi connectivity index (χ4v) is 2.22. The fraction of sp³-hybridized carbons (Fsp3) is 0.769. The molecule has 100 valence electrons. The summed E-state index contributed by atoms with van der Waals surface area (Å²) in [5, 5.41) is 0. The van der Waals surface area contributed by atoms with E-state index in [0.29, 0.717) is 0 Å². The molecular formula is C13H27N3O. The van der Waals surface area contributed by atoms with Crippen LogP contribution < -0.4 is 0 Å². The second kappa shape index (κ2) is 7.45. The van der Waals surface area contributed by atoms with E-state index >= 15 is 0 Å². The molecule has 0 heterocycles. The predicted molar refractivity (Wildman–Crippen MR) is 72.6 cm³/mol. The molecule has 0 radical (unpaired) electrons. The van der Waals surface area contributed by atoms with Gasteiger partial charge in [-0.1, -0.05) is 20.4 Å². The number of nitrogens with zero attached hydrogens (tertiary/aromatic N) is 3. The summed E-state index contributed by atoms with van der Waals surface area (Å²) in [5.74, 6) is -0.00824. The van der Waals surface area contributed by atoms with E-state index in [2.05, 4.69) is 30.2 Å². The standard InChI is InChI=1S/C13H27N3O/c1-8-11(14(4)5)16(13(17)10-3)12(9-2)15(6)7/h10-12H,3,8-9H2,1-2,4-7H3. The zero-order valence-corrected chi connectivity index (χ0v) is 12.1. The van der Waals surface area contributed by atoms with Crippen molar-refractivity contribution in [2.75, 3.05) is 28.2 Å². The van der Waals surface area contributed by atoms with Crippen molar-refractivity contribution in [3.63, 3.8) is 0 Å². The van der Waals surface area contributed by atoms with Crippen LogP contribution in [0.5, 0.6) is 0 Å². The van der Waals surface area contributed by atoms with E-state index in [4.69, 9.17) is 0 Å². The Bertz CT molecular complexity index is 235. The van der Waals surface area contributed by atoms with Crippen LogP contribution >= 0.6 is 0 Å². The summed E-state index contributed by atoms with van der Waals surface area (Å²) in [6.45, 7) is 7.79. The highest BCUT2D eigenvalue weighted by molar-refractivity contribution is 5.87. The van der Waals surface area contributed by atoms with Gasteiger partial charge in [-0.05, 0) is 47.1 Å². The zero-order valence-electron chi connectivity index (χ0n) is 12.1. The smallest absolute Gasteiger partial charge is 0.248 e. The van der Waals surface area contributed by atoms with Gasteiger partial charge >= 0.3 is 0 Å². The number of hydrogen-bond acceptors (Lipinski definition) is 3. The van der Waals surface area contributed by atoms with Crippen molar-refractivity contribution in [1.29, 1.82) is 0 Å². The van der Waals surface area contributed by atoms with Crippen molar-refractivity contribution in [3.8, 4) is 0 Å². The van der Waals surface area contributed by atoms with Gasteiger partial charge in [-0.2, -0.15) is 0 Å². The molecule has 0 bridgehead atoms. The number of hydrogen-bond donors (Lipinski definition) is 0. The van der Waals surface area contributed by atoms with Gasteiger partial charge in [-0.25, -0.2) is 0 Å². The van der Waals surface area contributed by atoms with Gasteiger partial charge in [-0.15, -0.1) is 0 Å². The van der Waals surface area contributed by atoms with Crippen LogP contribution in [0, 0.1) is 0 Å². The summed E-state index contributed by atoms with van der Waals surface area (Å²) < 4.78 is 0. The van der Waals surface area contributed by atoms with Crippen LogP contribution in [-0.4, -0.2) is 61.1 Å². The summed E-state index contributed by atoms with van der Waals surface area (Å²) in [7, 11) is 8.00. The van der Waals surface area contributed by atoms with E-state index in [1.165, 1.54) is 6.08 Å². The van der Waals surface area contributed by atoms with Gasteiger partial charge in [0.2, 0.25) is 5.91 Å². The average Bonchev–Trinajstić information content (AvgIpc) is 2.27. The van der Waals surface area contributed by atoms with Crippen LogP contribution in [0.2, 0.25) is 0 Å². The van der Waals surface area contributed by atoms with Crippen LogP contribution in [-0.2, 0) is 4.79 Å². The molecule has 0 aliphatic heterocycles. The van der Waals surface area contributed by atoms with Gasteiger partial charge < -0.3 is 4.90 Å². The first-order valence-corrected chi connectivity index (χ1v) is 6.18. The highest BCUT2D eigenvalue weighted by Crippen LogP contribution is 2.16. The number of amides is 1. The maximum Gasteiger partial charge on any atom is 0.248 e. The molecule has 1 amide bonds. The van der Waals surface area contributed by atoms with Gasteiger partial charge in [0.15, 0.2) is 0 Å². The van der Waals surface area contributed by atoms with Crippen molar-refractivity contribution in [1.82, 2.24) is 14.7 Å². The molecule has 0 aromatic carbocycles. The largest absolute Gasteiger partial charge is 0.308 e. The predicted octanol–water partition coefficient (Wildman–Crippen LogP) is 1.60. The molecule has 2 unspecified atom stereocenters. The molecule has 17 heavy (non-hydrogen) atoms. The van der Waals surface area contributed by atoms with E-state index in [9.17, 15) is 4.79 Å². The van der Waals surface area contributed by atoms with Crippen molar-refractivity contribution in [2.45, 2.75) is 39.0 Å². The number of carbonyl (C=O) groups excluding carboxylic acids is 1. The van der Waals surface area contributed by atoms with E-state index < -0.39 is 0 Å². The SMILES string of the molecule is C=CC(=O)N(C(CC)N(C)C)C(CC)N(C)C. The van der Waals surface area contributed by atoms with Crippen molar-refractivity contribution < 1.29 is 4.79 Å². The Kier molecular flexibility index (Phi) is 7.07. The summed E-state index contributed by atoms with van der Waals surface area (Å²) in [6.07, 6.45) is 3.41. The normalized spacial score (nSPS) is 14.8. The maximum atomic E-state index is 12.1. The quantitative estimate of drug-likeness (QED) is 0.500. The third kappa shape index (κ3) is 4.13. The molecular weight excluding hydrogens is 214 g/mol. The van der Waals surface area contributed by atoms with Crippen LogP contribution in [0.1, 0.15) is 26.7 Å². The minimum absolute atomic E-state index is 0.00824. The summed E-state index contributed by atoms with van der Waals surface area (Å²) in [6, 6.07) is 0. The molecule has 0 fully saturated rings. The van der Waals surface area contributed by atoms with E-state index in [1.54, 1.807) is 0 Å². The second-order valence-electron chi connectivity index (χ2n) is 4.65. The van der Waals surface area contributed by atoms with Gasteiger partial charge in [0.1, 0.15) is 0 Å². The second-order valence-corrected chi connectivity index (χ2v) is 4.65. The number of carbonyl (C=O) groups is 1. The Morgan fingerprint density at radius 2 is 1.41 bits per heavy atom. The summed E-state index contributed by atoms with van der Waals surface area (Å²) in [4.78, 5) is 18.1. The van der Waals surface area contributed by atoms with Gasteiger partial charge in [0.05, 0.1) is 12.3 Å². The lowest BCUT2D eigenvalue weighted by molar-refractivity contribution is -0.140. The lowest BCUT2D eigenvalue weighted by atomic mass is 10.2. The molecule has 2 atom stereocenters. The molecule has 0 aliphatic carbocycles. The molecule has 0 aromatic rings. The molecule has 0 rings (SSSR count). The van der Waals surface area contributed by atoms with E-state index in [1.807, 2.05) is 33.1 Å². The Morgan fingerprint density at radius 3 is 1.59 bits per heavy atom. The van der Waals surface area contributed by atoms with Crippen LogP contribution in [0.15, 0.2) is 12.7 Å². The van der Waals surface area contributed by atoms with E-state index in [0.717, 1.165) is 12.8 Å². The zero-order chi connectivity index (χ0) is 13.6. The minimum atomic E-state index is -0.00824. The Morgan fingerprint density at radius 1 is 1.06 bits per heavy atom. The molecule has 0 saturated heterocycles. The van der Waals surface area contributed by atoms with Crippen LogP contribution in [0.3, 0.4) is 0 Å². The third-order valence-electron chi connectivity index (χ3n) is 2.99. The Labute approximate surface area is 106 Å². The molecule has 0 aliphatic rings. The lowest BCUT2D eigenvalue weighted by Crippen LogP contribution is -2.56. The first-order chi connectivity index (χ1) is 7.90. The molecule has 4 heteroatoms. The highest BCUT2D eigenvalue weighted by atomic mass is 16.2. The molecule has 0 N–H and O–H groups in total. The monoisotopic (exact) mass is 241 g/mol. The summed E-state index contributed by atoms with van der Waals surface area (Å²) in [5.41, 5.74) is 0. The molecule has 0 saturated carbocycles. The topological polar surface area (TPSA) is 26.8 Å². The minimum Gasteiger partial charge on any atom is -0.308 e. The maximum absolute atomic E-state index is 12.1. The molecule has 0 aromatic heterocycles. The fourth-order valence-electron chi connectivity index (χ4n) is 2.22. The third-order valence-corrected chi connectivity index (χ3v) is 2.99. The van der Waals surface area contributed by atoms with Gasteiger partial charge in [0, 0.05) is 0 Å². The molecule has 4 nitrogen and oxygen atoms in total. The van der Waals surface area contributed by atoms with Crippen LogP contribution in [0.4, 0.5) is 0 Å². The lowest BCUT2D eigenvalue weighted by Gasteiger charge is -2.42. The van der Waals surface area contributed by atoms with Gasteiger partial charge in [-0.3, -0.25) is 14.6 Å². The van der Waals surface area contributed by atoms with Crippen LogP contribution in [0.25, 0.3) is 0 Å². The first kappa shape index (κ1) is 16.1. The van der Waals surface area contributed by atoms with Crippen molar-refractivity contribution in [3.05, 3.63) is 12.7 Å². The van der Waals surface area contributed by atoms with Crippen molar-refractivity contribution in [2.24, 2.45) is 0 Å². The van der Waals surface area contributed by atoms with Crippen molar-refractivity contribution >= 4 is 5.91 Å². The first-order valence-electron chi connectivity index (χ1n) is 6.18. The highest BCUT2D eigenvalue weighted by Gasteiger charge is 2.29. The Hall–Kier alpha value is -0.870. The van der Waals surface area contributed by atoms with E-state index in [-0.39, 0.29) is 18.2 Å². The average molecular weight is 241 g/mol. The van der Waals surface area contributed by atoms with Gasteiger partial charge in [0.25, 0.3) is 0 Å². The number of rotatable bonds is 7. The molecule has 0 spiro atoms.